The largest absolute Gasteiger partial charge is 0.460 e. The fourth-order valence-electron chi connectivity index (χ4n) is 3.37. The maximum Gasteiger partial charge on any atom is 0.302 e. The average molecular weight is 432 g/mol. The average Bonchev–Trinajstić information content (AvgIpc) is 3.22. The minimum Gasteiger partial charge on any atom is -0.460 e. The standard InChI is InChI=1S/C19H23N7O2S.H2O/c1-14(27)28-15(11-29-19-17-18(22-12-21-17)23-13-24-19)10-25-6-8-26(9-7-25)16-4-2-3-5-20-16;/h2-5,12-13,15H,6-11H2,1H3,(H,21,22,23,24);1H2. The summed E-state index contributed by atoms with van der Waals surface area (Å²) in [7, 11) is 0. The second kappa shape index (κ2) is 10.3. The maximum atomic E-state index is 11.6. The molecule has 0 spiro atoms. The van der Waals surface area contributed by atoms with Gasteiger partial charge in [0, 0.05) is 51.6 Å². The number of aromatic nitrogens is 5. The molecule has 30 heavy (non-hydrogen) atoms. The van der Waals surface area contributed by atoms with E-state index in [9.17, 15) is 4.79 Å². The Labute approximate surface area is 178 Å². The topological polar surface area (TPSA) is 132 Å². The molecule has 1 saturated heterocycles. The minimum atomic E-state index is -0.267. The molecule has 0 aromatic carbocycles. The minimum absolute atomic E-state index is 0. The van der Waals surface area contributed by atoms with Crippen molar-refractivity contribution in [3.8, 4) is 0 Å². The van der Waals surface area contributed by atoms with Crippen LogP contribution in [0.3, 0.4) is 0 Å². The summed E-state index contributed by atoms with van der Waals surface area (Å²) in [6, 6.07) is 5.97. The van der Waals surface area contributed by atoms with Gasteiger partial charge in [0.25, 0.3) is 0 Å². The number of nitrogens with one attached hydrogen (secondary N) is 1. The van der Waals surface area contributed by atoms with E-state index in [1.54, 1.807) is 18.1 Å². The van der Waals surface area contributed by atoms with Crippen molar-refractivity contribution < 1.29 is 15.0 Å². The maximum absolute atomic E-state index is 11.6. The van der Waals surface area contributed by atoms with E-state index in [0.29, 0.717) is 17.9 Å². The molecule has 1 aliphatic rings. The monoisotopic (exact) mass is 431 g/mol. The molecule has 0 radical (unpaired) electrons. The van der Waals surface area contributed by atoms with Crippen molar-refractivity contribution in [3.05, 3.63) is 37.1 Å². The third kappa shape index (κ3) is 5.43. The molecule has 0 bridgehead atoms. The number of rotatable bonds is 7. The van der Waals surface area contributed by atoms with Crippen LogP contribution in [0.15, 0.2) is 42.1 Å². The highest BCUT2D eigenvalue weighted by atomic mass is 32.2. The van der Waals surface area contributed by atoms with E-state index in [2.05, 4.69) is 34.7 Å². The summed E-state index contributed by atoms with van der Waals surface area (Å²) >= 11 is 1.54. The zero-order valence-electron chi connectivity index (χ0n) is 16.7. The Morgan fingerprint density at radius 3 is 2.77 bits per heavy atom. The smallest absolute Gasteiger partial charge is 0.302 e. The number of nitrogens with zero attached hydrogens (tertiary/aromatic N) is 6. The molecular weight excluding hydrogens is 406 g/mol. The molecule has 160 valence electrons. The first kappa shape index (κ1) is 21.9. The zero-order chi connectivity index (χ0) is 20.1. The van der Waals surface area contributed by atoms with Crippen LogP contribution in [0.25, 0.3) is 11.2 Å². The predicted molar refractivity (Wildman–Crippen MR) is 114 cm³/mol. The van der Waals surface area contributed by atoms with E-state index in [1.165, 1.54) is 13.3 Å². The molecule has 1 atom stereocenters. The van der Waals surface area contributed by atoms with Crippen LogP contribution in [0, 0.1) is 0 Å². The number of imidazole rings is 1. The number of thioether (sulfide) groups is 1. The Morgan fingerprint density at radius 1 is 1.20 bits per heavy atom. The van der Waals surface area contributed by atoms with Gasteiger partial charge in [0.15, 0.2) is 5.65 Å². The number of hydrogen-bond donors (Lipinski definition) is 1. The van der Waals surface area contributed by atoms with Crippen molar-refractivity contribution in [1.29, 1.82) is 0 Å². The number of esters is 1. The van der Waals surface area contributed by atoms with E-state index in [1.807, 2.05) is 24.4 Å². The van der Waals surface area contributed by atoms with Crippen LogP contribution in [0.1, 0.15) is 6.92 Å². The van der Waals surface area contributed by atoms with E-state index in [4.69, 9.17) is 4.74 Å². The molecule has 3 aromatic rings. The highest BCUT2D eigenvalue weighted by Crippen LogP contribution is 2.23. The molecule has 3 aromatic heterocycles. The van der Waals surface area contributed by atoms with Crippen LogP contribution in [-0.4, -0.2) is 85.8 Å². The molecule has 3 N–H and O–H groups in total. The summed E-state index contributed by atoms with van der Waals surface area (Å²) in [6.45, 7) is 5.75. The highest BCUT2D eigenvalue weighted by Gasteiger charge is 2.23. The third-order valence-corrected chi connectivity index (χ3v) is 5.86. The van der Waals surface area contributed by atoms with Crippen molar-refractivity contribution in [1.82, 2.24) is 29.8 Å². The Kier molecular flexibility index (Phi) is 7.55. The van der Waals surface area contributed by atoms with Crippen molar-refractivity contribution in [3.63, 3.8) is 0 Å². The molecule has 10 nitrogen and oxygen atoms in total. The van der Waals surface area contributed by atoms with E-state index in [0.717, 1.165) is 42.5 Å². The Hall–Kier alpha value is -2.76. The first-order valence-corrected chi connectivity index (χ1v) is 10.5. The molecular formula is C19H25N7O3S. The number of H-pyrrole nitrogens is 1. The lowest BCUT2D eigenvalue weighted by Gasteiger charge is -2.36. The fraction of sp³-hybridized carbons (Fsp3) is 0.421. The quantitative estimate of drug-likeness (QED) is 0.327. The Balaban J connectivity index is 0.00000256. The summed E-state index contributed by atoms with van der Waals surface area (Å²) in [5.41, 5.74) is 1.44. The van der Waals surface area contributed by atoms with Gasteiger partial charge in [-0.25, -0.2) is 19.9 Å². The lowest BCUT2D eigenvalue weighted by atomic mass is 10.2. The van der Waals surface area contributed by atoms with Crippen LogP contribution >= 0.6 is 11.8 Å². The molecule has 1 fully saturated rings. The lowest BCUT2D eigenvalue weighted by Crippen LogP contribution is -2.49. The van der Waals surface area contributed by atoms with Crippen molar-refractivity contribution >= 4 is 34.7 Å². The van der Waals surface area contributed by atoms with E-state index >= 15 is 0 Å². The van der Waals surface area contributed by atoms with Crippen molar-refractivity contribution in [2.45, 2.75) is 18.1 Å². The first-order valence-electron chi connectivity index (χ1n) is 9.51. The van der Waals surface area contributed by atoms with Crippen LogP contribution in [0.5, 0.6) is 0 Å². The van der Waals surface area contributed by atoms with Gasteiger partial charge >= 0.3 is 5.97 Å². The predicted octanol–water partition coefficient (Wildman–Crippen LogP) is 0.769. The molecule has 4 heterocycles. The number of anilines is 1. The number of ether oxygens (including phenoxy) is 1. The molecule has 0 amide bonds. The fourth-order valence-corrected chi connectivity index (χ4v) is 4.30. The molecule has 0 saturated carbocycles. The van der Waals surface area contributed by atoms with Crippen molar-refractivity contribution in [2.75, 3.05) is 43.4 Å². The number of fused-ring (bicyclic) bond motifs is 1. The van der Waals surface area contributed by atoms with Gasteiger partial charge in [-0.2, -0.15) is 0 Å². The van der Waals surface area contributed by atoms with Gasteiger partial charge < -0.3 is 20.1 Å². The van der Waals surface area contributed by atoms with Gasteiger partial charge in [0.1, 0.15) is 28.8 Å². The lowest BCUT2D eigenvalue weighted by molar-refractivity contribution is -0.146. The highest BCUT2D eigenvalue weighted by molar-refractivity contribution is 7.99. The Bertz CT molecular complexity index is 947. The number of carbonyl (C=O) groups is 1. The van der Waals surface area contributed by atoms with Crippen LogP contribution in [0.4, 0.5) is 5.82 Å². The first-order chi connectivity index (χ1) is 14.2. The van der Waals surface area contributed by atoms with Gasteiger partial charge in [0.05, 0.1) is 6.33 Å². The summed E-state index contributed by atoms with van der Waals surface area (Å²) in [5.74, 6) is 1.36. The van der Waals surface area contributed by atoms with E-state index < -0.39 is 0 Å². The van der Waals surface area contributed by atoms with Crippen molar-refractivity contribution in [2.24, 2.45) is 0 Å². The second-order valence-electron chi connectivity index (χ2n) is 6.80. The Morgan fingerprint density at radius 2 is 2.03 bits per heavy atom. The summed E-state index contributed by atoms with van der Waals surface area (Å²) in [6.07, 6.45) is 4.71. The van der Waals surface area contributed by atoms with Gasteiger partial charge in [-0.3, -0.25) is 9.69 Å². The number of hydrogen-bond acceptors (Lipinski definition) is 9. The van der Waals surface area contributed by atoms with Crippen LogP contribution in [0.2, 0.25) is 0 Å². The zero-order valence-corrected chi connectivity index (χ0v) is 17.5. The summed E-state index contributed by atoms with van der Waals surface area (Å²) in [5, 5.41) is 0.810. The number of carbonyl (C=O) groups excluding carboxylic acids is 1. The molecule has 11 heteroatoms. The van der Waals surface area contributed by atoms with Crippen LogP contribution in [-0.2, 0) is 9.53 Å². The van der Waals surface area contributed by atoms with Gasteiger partial charge in [-0.05, 0) is 12.1 Å². The molecule has 4 rings (SSSR count). The SMILES string of the molecule is CC(=O)OC(CSc1ncnc2nc[nH]c12)CN1CCN(c2ccccn2)CC1.O. The molecule has 0 aliphatic carbocycles. The van der Waals surface area contributed by atoms with Gasteiger partial charge in [0.2, 0.25) is 0 Å². The third-order valence-electron chi connectivity index (χ3n) is 4.73. The van der Waals surface area contributed by atoms with Crippen LogP contribution < -0.4 is 4.90 Å². The molecule has 1 aliphatic heterocycles. The number of piperazine rings is 1. The molecule has 1 unspecified atom stereocenters. The number of aromatic amines is 1. The van der Waals surface area contributed by atoms with Gasteiger partial charge in [-0.15, -0.1) is 11.8 Å². The summed E-state index contributed by atoms with van der Waals surface area (Å²) < 4.78 is 5.58. The second-order valence-corrected chi connectivity index (χ2v) is 7.81. The van der Waals surface area contributed by atoms with Gasteiger partial charge in [-0.1, -0.05) is 6.07 Å². The number of pyridine rings is 1. The normalized spacial score (nSPS) is 15.6. The summed E-state index contributed by atoms with van der Waals surface area (Å²) in [4.78, 5) is 36.3. The van der Waals surface area contributed by atoms with E-state index in [-0.39, 0.29) is 17.5 Å².